The van der Waals surface area contributed by atoms with Gasteiger partial charge >= 0.3 is 5.97 Å². The number of hydrogen-bond donors (Lipinski definition) is 1. The van der Waals surface area contributed by atoms with Crippen LogP contribution in [0, 0.1) is 6.92 Å². The van der Waals surface area contributed by atoms with Crippen LogP contribution >= 0.6 is 11.3 Å². The molecular formula is C15H10O4S. The number of aromatic carboxylic acids is 1. The number of furan rings is 1. The maximum Gasteiger partial charge on any atom is 0.371 e. The number of carboxylic acids is 1. The van der Waals surface area contributed by atoms with Gasteiger partial charge in [-0.25, -0.2) is 4.79 Å². The van der Waals surface area contributed by atoms with Gasteiger partial charge < -0.3 is 9.52 Å². The Morgan fingerprint density at radius 3 is 2.70 bits per heavy atom. The quantitative estimate of drug-likeness (QED) is 0.745. The third-order valence-electron chi connectivity index (χ3n) is 3.06. The SMILES string of the molecule is Cc1cc2oc(C(=O)O)cc2cc1C(=O)c1cccs1. The highest BCUT2D eigenvalue weighted by Crippen LogP contribution is 2.26. The van der Waals surface area contributed by atoms with Crippen LogP contribution in [0.4, 0.5) is 0 Å². The van der Waals surface area contributed by atoms with Gasteiger partial charge in [-0.2, -0.15) is 0 Å². The standard InChI is InChI=1S/C15H10O4S/c1-8-5-11-9(7-12(19-11)15(17)18)6-10(8)14(16)13-3-2-4-20-13/h2-7H,1H3,(H,17,18). The van der Waals surface area contributed by atoms with E-state index in [0.717, 1.165) is 5.56 Å². The first-order valence-corrected chi connectivity index (χ1v) is 6.80. The molecule has 0 aliphatic carbocycles. The van der Waals surface area contributed by atoms with Crippen molar-refractivity contribution in [3.63, 3.8) is 0 Å². The van der Waals surface area contributed by atoms with Crippen LogP contribution in [-0.4, -0.2) is 16.9 Å². The van der Waals surface area contributed by atoms with E-state index in [-0.39, 0.29) is 11.5 Å². The summed E-state index contributed by atoms with van der Waals surface area (Å²) in [6.07, 6.45) is 0. The highest BCUT2D eigenvalue weighted by atomic mass is 32.1. The van der Waals surface area contributed by atoms with Crippen LogP contribution < -0.4 is 0 Å². The van der Waals surface area contributed by atoms with Gasteiger partial charge in [-0.3, -0.25) is 4.79 Å². The second-order valence-electron chi connectivity index (χ2n) is 4.43. The van der Waals surface area contributed by atoms with Gasteiger partial charge in [0, 0.05) is 10.9 Å². The summed E-state index contributed by atoms with van der Waals surface area (Å²) in [6.45, 7) is 1.81. The molecule has 3 aromatic rings. The third-order valence-corrected chi connectivity index (χ3v) is 3.93. The Hall–Kier alpha value is -2.40. The fraction of sp³-hybridized carbons (Fsp3) is 0.0667. The van der Waals surface area contributed by atoms with E-state index in [1.54, 1.807) is 18.2 Å². The molecule has 1 N–H and O–H groups in total. The molecule has 0 spiro atoms. The Morgan fingerprint density at radius 1 is 1.25 bits per heavy atom. The smallest absolute Gasteiger partial charge is 0.371 e. The van der Waals surface area contributed by atoms with Crippen LogP contribution in [0.2, 0.25) is 0 Å². The van der Waals surface area contributed by atoms with E-state index in [2.05, 4.69) is 0 Å². The van der Waals surface area contributed by atoms with Crippen molar-refractivity contribution in [1.29, 1.82) is 0 Å². The van der Waals surface area contributed by atoms with Gasteiger partial charge in [-0.05, 0) is 42.1 Å². The fourth-order valence-electron chi connectivity index (χ4n) is 2.08. The van der Waals surface area contributed by atoms with Crippen LogP contribution in [0.25, 0.3) is 11.0 Å². The second-order valence-corrected chi connectivity index (χ2v) is 5.37. The van der Waals surface area contributed by atoms with Gasteiger partial charge in [0.1, 0.15) is 5.58 Å². The molecule has 2 heterocycles. The monoisotopic (exact) mass is 286 g/mol. The largest absolute Gasteiger partial charge is 0.475 e. The number of carbonyl (C=O) groups is 2. The van der Waals surface area contributed by atoms with Gasteiger partial charge in [-0.1, -0.05) is 6.07 Å². The molecule has 2 aromatic heterocycles. The molecule has 0 fully saturated rings. The summed E-state index contributed by atoms with van der Waals surface area (Å²) in [5.41, 5.74) is 1.81. The minimum absolute atomic E-state index is 0.0579. The zero-order chi connectivity index (χ0) is 14.3. The average molecular weight is 286 g/mol. The fourth-order valence-corrected chi connectivity index (χ4v) is 2.76. The highest BCUT2D eigenvalue weighted by molar-refractivity contribution is 7.12. The number of hydrogen-bond acceptors (Lipinski definition) is 4. The number of ketones is 1. The average Bonchev–Trinajstić information content (AvgIpc) is 3.05. The highest BCUT2D eigenvalue weighted by Gasteiger charge is 2.17. The summed E-state index contributed by atoms with van der Waals surface area (Å²) in [5.74, 6) is -1.30. The number of fused-ring (bicyclic) bond motifs is 1. The van der Waals surface area contributed by atoms with Gasteiger partial charge in [0.15, 0.2) is 0 Å². The molecule has 3 rings (SSSR count). The molecule has 0 saturated carbocycles. The van der Waals surface area contributed by atoms with Gasteiger partial charge in [0.25, 0.3) is 0 Å². The van der Waals surface area contributed by atoms with Crippen LogP contribution in [0.15, 0.2) is 40.1 Å². The molecule has 0 radical (unpaired) electrons. The van der Waals surface area contributed by atoms with E-state index in [0.29, 0.717) is 21.4 Å². The van der Waals surface area contributed by atoms with Gasteiger partial charge in [0.05, 0.1) is 4.88 Å². The summed E-state index contributed by atoms with van der Waals surface area (Å²) in [4.78, 5) is 23.9. The molecule has 0 saturated heterocycles. The molecule has 0 aliphatic rings. The van der Waals surface area contributed by atoms with E-state index >= 15 is 0 Å². The zero-order valence-electron chi connectivity index (χ0n) is 10.5. The van der Waals surface area contributed by atoms with Crippen molar-refractivity contribution >= 4 is 34.1 Å². The van der Waals surface area contributed by atoms with Crippen LogP contribution in [0.3, 0.4) is 0 Å². The summed E-state index contributed by atoms with van der Waals surface area (Å²) in [5, 5.41) is 11.4. The van der Waals surface area contributed by atoms with Crippen molar-refractivity contribution in [3.05, 3.63) is 57.5 Å². The molecule has 0 atom stereocenters. The molecule has 100 valence electrons. The molecule has 20 heavy (non-hydrogen) atoms. The molecule has 0 bridgehead atoms. The van der Waals surface area contributed by atoms with Crippen molar-refractivity contribution in [2.45, 2.75) is 6.92 Å². The van der Waals surface area contributed by atoms with E-state index in [4.69, 9.17) is 9.52 Å². The predicted octanol–water partition coefficient (Wildman–Crippen LogP) is 3.73. The maximum absolute atomic E-state index is 12.4. The van der Waals surface area contributed by atoms with Crippen molar-refractivity contribution in [3.8, 4) is 0 Å². The number of carboxylic acid groups (broad SMARTS) is 1. The Labute approximate surface area is 118 Å². The van der Waals surface area contributed by atoms with E-state index in [1.807, 2.05) is 18.4 Å². The second kappa shape index (κ2) is 4.61. The molecular weight excluding hydrogens is 276 g/mol. The van der Waals surface area contributed by atoms with Crippen molar-refractivity contribution in [1.82, 2.24) is 0 Å². The molecule has 0 aliphatic heterocycles. The number of rotatable bonds is 3. The summed E-state index contributed by atoms with van der Waals surface area (Å²) < 4.78 is 5.23. The lowest BCUT2D eigenvalue weighted by Gasteiger charge is -2.03. The Kier molecular flexibility index (Phi) is 2.91. The van der Waals surface area contributed by atoms with E-state index in [1.165, 1.54) is 17.4 Å². The first kappa shape index (κ1) is 12.6. The van der Waals surface area contributed by atoms with Crippen LogP contribution in [0.1, 0.15) is 31.4 Å². The van der Waals surface area contributed by atoms with Crippen molar-refractivity contribution in [2.24, 2.45) is 0 Å². The third kappa shape index (κ3) is 2.02. The van der Waals surface area contributed by atoms with Gasteiger partial charge in [-0.15, -0.1) is 11.3 Å². The topological polar surface area (TPSA) is 67.5 Å². The number of carbonyl (C=O) groups excluding carboxylic acids is 1. The Balaban J connectivity index is 2.14. The number of aryl methyl sites for hydroxylation is 1. The lowest BCUT2D eigenvalue weighted by Crippen LogP contribution is -2.01. The zero-order valence-corrected chi connectivity index (χ0v) is 11.4. The number of thiophene rings is 1. The molecule has 1 aromatic carbocycles. The van der Waals surface area contributed by atoms with Crippen LogP contribution in [-0.2, 0) is 0 Å². The molecule has 0 amide bonds. The number of benzene rings is 1. The van der Waals surface area contributed by atoms with Gasteiger partial charge in [0.2, 0.25) is 11.5 Å². The Bertz CT molecular complexity index is 812. The normalized spacial score (nSPS) is 10.8. The summed E-state index contributed by atoms with van der Waals surface area (Å²) in [6, 6.07) is 8.41. The maximum atomic E-state index is 12.4. The molecule has 4 nitrogen and oxygen atoms in total. The van der Waals surface area contributed by atoms with Crippen molar-refractivity contribution in [2.75, 3.05) is 0 Å². The predicted molar refractivity (Wildman–Crippen MR) is 75.7 cm³/mol. The van der Waals surface area contributed by atoms with Crippen molar-refractivity contribution < 1.29 is 19.1 Å². The lowest BCUT2D eigenvalue weighted by molar-refractivity contribution is 0.0665. The van der Waals surface area contributed by atoms with Crippen LogP contribution in [0.5, 0.6) is 0 Å². The minimum Gasteiger partial charge on any atom is -0.475 e. The summed E-state index contributed by atoms with van der Waals surface area (Å²) >= 11 is 1.38. The molecule has 0 unspecified atom stereocenters. The first-order chi connectivity index (χ1) is 9.56. The van der Waals surface area contributed by atoms with E-state index in [9.17, 15) is 9.59 Å². The van der Waals surface area contributed by atoms with E-state index < -0.39 is 5.97 Å². The first-order valence-electron chi connectivity index (χ1n) is 5.92. The minimum atomic E-state index is -1.12. The summed E-state index contributed by atoms with van der Waals surface area (Å²) in [7, 11) is 0. The molecule has 5 heteroatoms. The Morgan fingerprint density at radius 2 is 2.05 bits per heavy atom. The lowest BCUT2D eigenvalue weighted by atomic mass is 10.0.